The van der Waals surface area contributed by atoms with E-state index in [4.69, 9.17) is 17.3 Å². The molecule has 3 nitrogen and oxygen atoms in total. The van der Waals surface area contributed by atoms with E-state index in [1.807, 2.05) is 13.8 Å². The number of hydrogen-bond donors (Lipinski definition) is 2. The molecule has 0 unspecified atom stereocenters. The fourth-order valence-corrected chi connectivity index (χ4v) is 1.39. The molecular weight excluding hydrogens is 200 g/mol. The molecular formula is C10H15ClN2O. The van der Waals surface area contributed by atoms with Gasteiger partial charge in [-0.25, -0.2) is 0 Å². The summed E-state index contributed by atoms with van der Waals surface area (Å²) in [6.07, 6.45) is 3.21. The molecule has 0 aliphatic carbocycles. The maximum atomic E-state index is 9.18. The predicted octanol–water partition coefficient (Wildman–Crippen LogP) is 1.75. The van der Waals surface area contributed by atoms with Crippen molar-refractivity contribution in [3.05, 3.63) is 29.0 Å². The lowest BCUT2D eigenvalue weighted by molar-refractivity contribution is 0.132. The third-order valence-electron chi connectivity index (χ3n) is 2.39. The van der Waals surface area contributed by atoms with Crippen LogP contribution < -0.4 is 5.73 Å². The smallest absolute Gasteiger partial charge is 0.0637 e. The highest BCUT2D eigenvalue weighted by Gasteiger charge is 2.28. The molecule has 14 heavy (non-hydrogen) atoms. The second-order valence-corrected chi connectivity index (χ2v) is 4.43. The van der Waals surface area contributed by atoms with E-state index in [2.05, 4.69) is 4.98 Å². The Hall–Kier alpha value is -0.640. The maximum Gasteiger partial charge on any atom is 0.0637 e. The molecule has 0 aliphatic heterocycles. The van der Waals surface area contributed by atoms with Crippen LogP contribution in [0.3, 0.4) is 0 Å². The highest BCUT2D eigenvalue weighted by atomic mass is 35.5. The van der Waals surface area contributed by atoms with E-state index >= 15 is 0 Å². The summed E-state index contributed by atoms with van der Waals surface area (Å²) in [6, 6.07) is 1.49. The van der Waals surface area contributed by atoms with Crippen molar-refractivity contribution in [1.82, 2.24) is 4.98 Å². The van der Waals surface area contributed by atoms with Crippen LogP contribution in [0.1, 0.15) is 25.5 Å². The Balaban J connectivity index is 3.00. The Kier molecular flexibility index (Phi) is 3.48. The van der Waals surface area contributed by atoms with Gasteiger partial charge in [-0.1, -0.05) is 25.4 Å². The summed E-state index contributed by atoms with van der Waals surface area (Å²) in [6.45, 7) is 3.82. The number of pyridine rings is 1. The molecule has 0 bridgehead atoms. The fourth-order valence-electron chi connectivity index (χ4n) is 1.16. The lowest BCUT2D eigenvalue weighted by atomic mass is 9.82. The molecule has 1 aromatic rings. The van der Waals surface area contributed by atoms with Crippen LogP contribution in [0.25, 0.3) is 0 Å². The molecule has 0 spiro atoms. The number of aromatic nitrogens is 1. The number of nitrogens with zero attached hydrogens (tertiary/aromatic N) is 1. The number of halogens is 1. The summed E-state index contributed by atoms with van der Waals surface area (Å²) in [5.74, 6) is 0. The minimum absolute atomic E-state index is 0.0207. The van der Waals surface area contributed by atoms with Crippen LogP contribution in [0.2, 0.25) is 5.02 Å². The second kappa shape index (κ2) is 4.26. The van der Waals surface area contributed by atoms with Crippen molar-refractivity contribution in [2.24, 2.45) is 11.1 Å². The maximum absolute atomic E-state index is 9.18. The van der Waals surface area contributed by atoms with Gasteiger partial charge in [-0.2, -0.15) is 0 Å². The molecule has 0 fully saturated rings. The third-order valence-corrected chi connectivity index (χ3v) is 2.70. The van der Waals surface area contributed by atoms with Gasteiger partial charge >= 0.3 is 0 Å². The van der Waals surface area contributed by atoms with Crippen molar-refractivity contribution >= 4 is 11.6 Å². The van der Waals surface area contributed by atoms with Gasteiger partial charge in [-0.05, 0) is 11.6 Å². The Morgan fingerprint density at radius 3 is 2.79 bits per heavy atom. The normalized spacial score (nSPS) is 14.1. The van der Waals surface area contributed by atoms with Crippen LogP contribution in [0.5, 0.6) is 0 Å². The minimum Gasteiger partial charge on any atom is -0.396 e. The summed E-state index contributed by atoms with van der Waals surface area (Å²) in [5, 5.41) is 9.72. The van der Waals surface area contributed by atoms with Crippen LogP contribution in [-0.4, -0.2) is 16.7 Å². The zero-order valence-electron chi connectivity index (χ0n) is 8.37. The first kappa shape index (κ1) is 11.4. The van der Waals surface area contributed by atoms with Crippen molar-refractivity contribution < 1.29 is 5.11 Å². The van der Waals surface area contributed by atoms with E-state index < -0.39 is 0 Å². The van der Waals surface area contributed by atoms with E-state index in [9.17, 15) is 5.11 Å². The van der Waals surface area contributed by atoms with Gasteiger partial charge in [0, 0.05) is 30.5 Å². The zero-order valence-corrected chi connectivity index (χ0v) is 9.12. The Bertz CT molecular complexity index is 315. The molecule has 0 aromatic carbocycles. The van der Waals surface area contributed by atoms with Crippen LogP contribution >= 0.6 is 11.6 Å². The highest BCUT2D eigenvalue weighted by molar-refractivity contribution is 6.31. The Labute approximate surface area is 88.9 Å². The number of rotatable bonds is 3. The van der Waals surface area contributed by atoms with E-state index in [1.54, 1.807) is 18.5 Å². The van der Waals surface area contributed by atoms with Crippen LogP contribution in [-0.2, 0) is 0 Å². The molecule has 0 saturated heterocycles. The van der Waals surface area contributed by atoms with Gasteiger partial charge in [0.15, 0.2) is 0 Å². The molecule has 0 radical (unpaired) electrons. The van der Waals surface area contributed by atoms with Gasteiger partial charge in [-0.15, -0.1) is 0 Å². The molecule has 1 atom stereocenters. The fraction of sp³-hybridized carbons (Fsp3) is 0.500. The van der Waals surface area contributed by atoms with Gasteiger partial charge in [-0.3, -0.25) is 4.98 Å². The molecule has 0 saturated carbocycles. The van der Waals surface area contributed by atoms with E-state index in [0.29, 0.717) is 5.02 Å². The lowest BCUT2D eigenvalue weighted by Gasteiger charge is -2.30. The first-order valence-corrected chi connectivity index (χ1v) is 4.82. The topological polar surface area (TPSA) is 59.1 Å². The molecule has 3 N–H and O–H groups in total. The molecule has 1 heterocycles. The van der Waals surface area contributed by atoms with E-state index in [1.165, 1.54) is 0 Å². The van der Waals surface area contributed by atoms with Crippen LogP contribution in [0, 0.1) is 5.41 Å². The van der Waals surface area contributed by atoms with Crippen molar-refractivity contribution in [2.75, 3.05) is 6.61 Å². The van der Waals surface area contributed by atoms with Gasteiger partial charge in [0.05, 0.1) is 5.02 Å². The summed E-state index contributed by atoms with van der Waals surface area (Å²) in [5.41, 5.74) is 6.45. The Morgan fingerprint density at radius 2 is 2.29 bits per heavy atom. The summed E-state index contributed by atoms with van der Waals surface area (Å²) in [4.78, 5) is 3.89. The quantitative estimate of drug-likeness (QED) is 0.806. The SMILES string of the molecule is CC(C)(CO)[C@@H](N)c1ccncc1Cl. The van der Waals surface area contributed by atoms with E-state index in [-0.39, 0.29) is 18.1 Å². The average Bonchev–Trinajstić information content (AvgIpc) is 2.17. The highest BCUT2D eigenvalue weighted by Crippen LogP contribution is 2.33. The zero-order chi connectivity index (χ0) is 10.8. The number of aliphatic hydroxyl groups excluding tert-OH is 1. The third kappa shape index (κ3) is 2.23. The van der Waals surface area contributed by atoms with E-state index in [0.717, 1.165) is 5.56 Å². The standard InChI is InChI=1S/C10H15ClN2O/c1-10(2,6-14)9(12)7-3-4-13-5-8(7)11/h3-5,9,14H,6,12H2,1-2H3/t9-/m0/s1. The van der Waals surface area contributed by atoms with Gasteiger partial charge in [0.1, 0.15) is 0 Å². The van der Waals surface area contributed by atoms with Gasteiger partial charge < -0.3 is 10.8 Å². The minimum atomic E-state index is -0.384. The summed E-state index contributed by atoms with van der Waals surface area (Å²) in [7, 11) is 0. The van der Waals surface area contributed by atoms with Crippen molar-refractivity contribution in [1.29, 1.82) is 0 Å². The van der Waals surface area contributed by atoms with Gasteiger partial charge in [0.25, 0.3) is 0 Å². The second-order valence-electron chi connectivity index (χ2n) is 4.02. The summed E-state index contributed by atoms with van der Waals surface area (Å²) >= 11 is 5.96. The molecule has 78 valence electrons. The van der Waals surface area contributed by atoms with Crippen molar-refractivity contribution in [3.63, 3.8) is 0 Å². The number of hydrogen-bond acceptors (Lipinski definition) is 3. The Morgan fingerprint density at radius 1 is 1.64 bits per heavy atom. The van der Waals surface area contributed by atoms with Gasteiger partial charge in [0.2, 0.25) is 0 Å². The monoisotopic (exact) mass is 214 g/mol. The van der Waals surface area contributed by atoms with Crippen molar-refractivity contribution in [2.45, 2.75) is 19.9 Å². The molecule has 0 amide bonds. The lowest BCUT2D eigenvalue weighted by Crippen LogP contribution is -2.32. The number of aliphatic hydroxyl groups is 1. The molecule has 1 rings (SSSR count). The molecule has 4 heteroatoms. The molecule has 1 aromatic heterocycles. The number of nitrogens with two attached hydrogens (primary N) is 1. The van der Waals surface area contributed by atoms with Crippen LogP contribution in [0.15, 0.2) is 18.5 Å². The van der Waals surface area contributed by atoms with Crippen LogP contribution in [0.4, 0.5) is 0 Å². The largest absolute Gasteiger partial charge is 0.396 e. The predicted molar refractivity (Wildman–Crippen MR) is 57.0 cm³/mol. The van der Waals surface area contributed by atoms with Crippen molar-refractivity contribution in [3.8, 4) is 0 Å². The molecule has 0 aliphatic rings. The first-order chi connectivity index (χ1) is 6.49. The summed E-state index contributed by atoms with van der Waals surface area (Å²) < 4.78 is 0. The first-order valence-electron chi connectivity index (χ1n) is 4.45. The average molecular weight is 215 g/mol.